The van der Waals surface area contributed by atoms with Gasteiger partial charge in [0, 0.05) is 18.7 Å². The minimum atomic E-state index is -0.382. The van der Waals surface area contributed by atoms with Crippen LogP contribution in [0.4, 0.5) is 5.69 Å². The summed E-state index contributed by atoms with van der Waals surface area (Å²) < 4.78 is 5.61. The molecule has 0 atom stereocenters. The number of esters is 1. The maximum absolute atomic E-state index is 12.7. The molecule has 1 saturated heterocycles. The summed E-state index contributed by atoms with van der Waals surface area (Å²) >= 11 is 6.55. The second kappa shape index (κ2) is 12.9. The Morgan fingerprint density at radius 2 is 1.85 bits per heavy atom. The van der Waals surface area contributed by atoms with E-state index in [9.17, 15) is 14.4 Å². The van der Waals surface area contributed by atoms with E-state index in [4.69, 9.17) is 17.0 Å². The van der Waals surface area contributed by atoms with Crippen molar-refractivity contribution in [1.29, 1.82) is 0 Å². The van der Waals surface area contributed by atoms with Gasteiger partial charge in [0.05, 0.1) is 17.1 Å². The zero-order valence-corrected chi connectivity index (χ0v) is 20.5. The number of allylic oxidation sites excluding steroid dienone is 2. The molecule has 1 N–H and O–H groups in total. The molecule has 0 spiro atoms. The van der Waals surface area contributed by atoms with Gasteiger partial charge in [-0.3, -0.25) is 14.5 Å². The molecule has 1 aliphatic heterocycles. The van der Waals surface area contributed by atoms with Crippen LogP contribution in [0.15, 0.2) is 71.7 Å². The molecule has 0 radical (unpaired) electrons. The van der Waals surface area contributed by atoms with E-state index in [1.165, 1.54) is 16.7 Å². The fraction of sp³-hybridized carbons (Fsp3) is 0.231. The standard InChI is InChI=1S/C26H26N2O4S2/c1-2-3-18-32-25(31)20-12-14-21(15-13-20)27-23(29)16-17-28-24(30)22(34-26(28)33)11-7-10-19-8-5-4-6-9-19/h4-15H,2-3,16-18H2,1H3,(H,27,29)/b10-7+,22-11-. The summed E-state index contributed by atoms with van der Waals surface area (Å²) in [6, 6.07) is 16.3. The molecule has 8 heteroatoms. The lowest BCUT2D eigenvalue weighted by atomic mass is 10.2. The Hall–Kier alpha value is -3.23. The number of thiocarbonyl (C=S) groups is 1. The van der Waals surface area contributed by atoms with Gasteiger partial charge in [-0.05, 0) is 42.3 Å². The molecule has 0 unspecified atom stereocenters. The first-order valence-electron chi connectivity index (χ1n) is 11.0. The molecular weight excluding hydrogens is 468 g/mol. The van der Waals surface area contributed by atoms with E-state index in [-0.39, 0.29) is 30.7 Å². The van der Waals surface area contributed by atoms with Gasteiger partial charge in [0.2, 0.25) is 5.91 Å². The number of carbonyl (C=O) groups excluding carboxylic acids is 3. The third-order valence-electron chi connectivity index (χ3n) is 4.91. The zero-order chi connectivity index (χ0) is 24.3. The lowest BCUT2D eigenvalue weighted by molar-refractivity contribution is -0.122. The Morgan fingerprint density at radius 1 is 1.12 bits per heavy atom. The summed E-state index contributed by atoms with van der Waals surface area (Å²) in [5.41, 5.74) is 2.03. The number of benzene rings is 2. The summed E-state index contributed by atoms with van der Waals surface area (Å²) in [6.07, 6.45) is 7.34. The molecular formula is C26H26N2O4S2. The molecule has 2 aromatic rings. The average Bonchev–Trinajstić information content (AvgIpc) is 3.11. The number of unbranched alkanes of at least 4 members (excludes halogenated alkanes) is 1. The summed E-state index contributed by atoms with van der Waals surface area (Å²) in [5.74, 6) is -0.834. The third-order valence-corrected chi connectivity index (χ3v) is 6.30. The molecule has 3 rings (SSSR count). The van der Waals surface area contributed by atoms with Crippen molar-refractivity contribution in [3.63, 3.8) is 0 Å². The van der Waals surface area contributed by atoms with Gasteiger partial charge >= 0.3 is 5.97 Å². The highest BCUT2D eigenvalue weighted by molar-refractivity contribution is 8.26. The Bertz CT molecular complexity index is 1100. The molecule has 2 aromatic carbocycles. The predicted molar refractivity (Wildman–Crippen MR) is 140 cm³/mol. The number of hydrogen-bond acceptors (Lipinski definition) is 6. The minimum Gasteiger partial charge on any atom is -0.462 e. The first-order chi connectivity index (χ1) is 16.5. The number of carbonyl (C=O) groups is 3. The Morgan fingerprint density at radius 3 is 2.56 bits per heavy atom. The lowest BCUT2D eigenvalue weighted by Gasteiger charge is -2.14. The van der Waals surface area contributed by atoms with Crippen molar-refractivity contribution >= 4 is 57.8 Å². The highest BCUT2D eigenvalue weighted by Crippen LogP contribution is 2.31. The van der Waals surface area contributed by atoms with Crippen LogP contribution in [0.1, 0.15) is 42.1 Å². The number of nitrogens with one attached hydrogen (secondary N) is 1. The number of hydrogen-bond donors (Lipinski definition) is 1. The smallest absolute Gasteiger partial charge is 0.338 e. The van der Waals surface area contributed by atoms with E-state index in [0.717, 1.165) is 18.4 Å². The highest BCUT2D eigenvalue weighted by atomic mass is 32.2. The first-order valence-corrected chi connectivity index (χ1v) is 12.2. The van der Waals surface area contributed by atoms with Gasteiger partial charge < -0.3 is 10.1 Å². The second-order valence-electron chi connectivity index (χ2n) is 7.49. The van der Waals surface area contributed by atoms with Crippen LogP contribution in [0.5, 0.6) is 0 Å². The van der Waals surface area contributed by atoms with E-state index in [1.54, 1.807) is 30.3 Å². The Labute approximate surface area is 209 Å². The first kappa shape index (κ1) is 25.4. The van der Waals surface area contributed by atoms with Gasteiger partial charge in [-0.15, -0.1) is 0 Å². The van der Waals surface area contributed by atoms with Crippen LogP contribution in [0.25, 0.3) is 6.08 Å². The predicted octanol–water partition coefficient (Wildman–Crippen LogP) is 5.43. The summed E-state index contributed by atoms with van der Waals surface area (Å²) in [5, 5.41) is 2.77. The summed E-state index contributed by atoms with van der Waals surface area (Å²) in [4.78, 5) is 39.0. The van der Waals surface area contributed by atoms with Crippen LogP contribution in [-0.2, 0) is 14.3 Å². The van der Waals surface area contributed by atoms with Gasteiger partial charge in [-0.2, -0.15) is 0 Å². The molecule has 6 nitrogen and oxygen atoms in total. The van der Waals surface area contributed by atoms with Crippen molar-refractivity contribution in [1.82, 2.24) is 4.90 Å². The minimum absolute atomic E-state index is 0.0976. The van der Waals surface area contributed by atoms with E-state index in [0.29, 0.717) is 27.1 Å². The normalized spacial score (nSPS) is 14.7. The van der Waals surface area contributed by atoms with E-state index >= 15 is 0 Å². The summed E-state index contributed by atoms with van der Waals surface area (Å²) in [6.45, 7) is 2.61. The molecule has 2 amide bonds. The SMILES string of the molecule is CCCCOC(=O)c1ccc(NC(=O)CCN2C(=O)/C(=C/C=C/c3ccccc3)SC2=S)cc1. The fourth-order valence-electron chi connectivity index (χ4n) is 3.04. The maximum Gasteiger partial charge on any atom is 0.338 e. The number of thioether (sulfide) groups is 1. The van der Waals surface area contributed by atoms with Crippen molar-refractivity contribution in [3.8, 4) is 0 Å². The average molecular weight is 495 g/mol. The van der Waals surface area contributed by atoms with Crippen LogP contribution in [0.3, 0.4) is 0 Å². The third kappa shape index (κ3) is 7.40. The van der Waals surface area contributed by atoms with Gasteiger partial charge in [0.25, 0.3) is 5.91 Å². The van der Waals surface area contributed by atoms with Crippen molar-refractivity contribution in [2.24, 2.45) is 0 Å². The number of ether oxygens (including phenoxy) is 1. The number of anilines is 1. The van der Waals surface area contributed by atoms with Gasteiger partial charge in [-0.1, -0.05) is 79.8 Å². The van der Waals surface area contributed by atoms with Crippen LogP contribution in [0, 0.1) is 0 Å². The van der Waals surface area contributed by atoms with E-state index < -0.39 is 0 Å². The van der Waals surface area contributed by atoms with Gasteiger partial charge in [0.1, 0.15) is 4.32 Å². The monoisotopic (exact) mass is 494 g/mol. The number of amides is 2. The van der Waals surface area contributed by atoms with Crippen LogP contribution < -0.4 is 5.32 Å². The maximum atomic E-state index is 12.7. The Balaban J connectivity index is 1.48. The molecule has 1 fully saturated rings. The van der Waals surface area contributed by atoms with E-state index in [2.05, 4.69) is 5.32 Å². The van der Waals surface area contributed by atoms with Crippen LogP contribution in [0.2, 0.25) is 0 Å². The lowest BCUT2D eigenvalue weighted by Crippen LogP contribution is -2.31. The Kier molecular flexibility index (Phi) is 9.61. The zero-order valence-electron chi connectivity index (χ0n) is 18.9. The number of rotatable bonds is 10. The molecule has 34 heavy (non-hydrogen) atoms. The molecule has 176 valence electrons. The fourth-order valence-corrected chi connectivity index (χ4v) is 4.30. The van der Waals surface area contributed by atoms with Crippen molar-refractivity contribution in [2.75, 3.05) is 18.5 Å². The van der Waals surface area contributed by atoms with Crippen molar-refractivity contribution in [3.05, 3.63) is 82.8 Å². The summed E-state index contributed by atoms with van der Waals surface area (Å²) in [7, 11) is 0. The van der Waals surface area contributed by atoms with Crippen molar-refractivity contribution < 1.29 is 19.1 Å². The molecule has 1 aliphatic rings. The van der Waals surface area contributed by atoms with Crippen LogP contribution in [-0.4, -0.2) is 40.2 Å². The number of nitrogens with zero attached hydrogens (tertiary/aromatic N) is 1. The second-order valence-corrected chi connectivity index (χ2v) is 9.17. The topological polar surface area (TPSA) is 75.7 Å². The molecule has 0 aliphatic carbocycles. The van der Waals surface area contributed by atoms with Gasteiger partial charge in [-0.25, -0.2) is 4.79 Å². The van der Waals surface area contributed by atoms with Crippen LogP contribution >= 0.6 is 24.0 Å². The largest absolute Gasteiger partial charge is 0.462 e. The van der Waals surface area contributed by atoms with E-state index in [1.807, 2.05) is 49.4 Å². The molecule has 0 saturated carbocycles. The molecule has 0 aromatic heterocycles. The highest BCUT2D eigenvalue weighted by Gasteiger charge is 2.31. The van der Waals surface area contributed by atoms with Gasteiger partial charge in [0.15, 0.2) is 0 Å². The quantitative estimate of drug-likeness (QED) is 0.205. The molecule has 0 bridgehead atoms. The van der Waals surface area contributed by atoms with Crippen molar-refractivity contribution in [2.45, 2.75) is 26.2 Å². The molecule has 1 heterocycles.